The number of allylic oxidation sites excluding steroid dienone is 1. The van der Waals surface area contributed by atoms with Crippen LogP contribution in [0.2, 0.25) is 0 Å². The van der Waals surface area contributed by atoms with Crippen molar-refractivity contribution in [2.75, 3.05) is 13.2 Å². The Hall–Kier alpha value is -3.28. The van der Waals surface area contributed by atoms with E-state index in [1.165, 1.54) is 6.08 Å². The van der Waals surface area contributed by atoms with Crippen LogP contribution in [0, 0.1) is 6.92 Å². The number of ketones is 1. The molecule has 1 aliphatic rings. The maximum Gasteiger partial charge on any atom is 0.344 e. The lowest BCUT2D eigenvalue weighted by atomic mass is 10.1. The van der Waals surface area contributed by atoms with Crippen LogP contribution >= 0.6 is 0 Å². The number of hydrogen-bond donors (Lipinski definition) is 0. The zero-order valence-corrected chi connectivity index (χ0v) is 13.6. The maximum absolute atomic E-state index is 12.3. The molecule has 1 aromatic carbocycles. The first kappa shape index (κ1) is 16.6. The predicted molar refractivity (Wildman–Crippen MR) is 89.5 cm³/mol. The van der Waals surface area contributed by atoms with Crippen LogP contribution in [0.15, 0.2) is 53.2 Å². The standard InChI is InChI=1S/C19H16O6/c1-3-8-22-18(20)11-23-13-6-7-15-16(9-13)25-17(19(15)21)10-14-5-4-12(2)24-14/h3-7,9-10H,1,8,11H2,2H3/b17-10-. The smallest absolute Gasteiger partial charge is 0.344 e. The molecule has 128 valence electrons. The fourth-order valence-electron chi connectivity index (χ4n) is 2.25. The number of carbonyl (C=O) groups is 2. The van der Waals surface area contributed by atoms with E-state index >= 15 is 0 Å². The number of furan rings is 1. The minimum atomic E-state index is -0.508. The van der Waals surface area contributed by atoms with E-state index in [0.29, 0.717) is 22.8 Å². The lowest BCUT2D eigenvalue weighted by Gasteiger charge is -2.06. The molecule has 6 nitrogen and oxygen atoms in total. The summed E-state index contributed by atoms with van der Waals surface area (Å²) in [6.45, 7) is 5.16. The molecule has 0 atom stereocenters. The van der Waals surface area contributed by atoms with Crippen molar-refractivity contribution < 1.29 is 28.2 Å². The molecule has 2 heterocycles. The Morgan fingerprint density at radius 2 is 2.12 bits per heavy atom. The average Bonchev–Trinajstić information content (AvgIpc) is 3.14. The van der Waals surface area contributed by atoms with Gasteiger partial charge in [-0.15, -0.1) is 0 Å². The van der Waals surface area contributed by atoms with Crippen LogP contribution in [0.4, 0.5) is 0 Å². The van der Waals surface area contributed by atoms with Gasteiger partial charge in [-0.25, -0.2) is 4.79 Å². The summed E-state index contributed by atoms with van der Waals surface area (Å²) in [5.41, 5.74) is 0.427. The number of fused-ring (bicyclic) bond motifs is 1. The molecule has 0 spiro atoms. The highest BCUT2D eigenvalue weighted by Crippen LogP contribution is 2.35. The highest BCUT2D eigenvalue weighted by Gasteiger charge is 2.28. The van der Waals surface area contributed by atoms with Crippen molar-refractivity contribution in [1.82, 2.24) is 0 Å². The summed E-state index contributed by atoms with van der Waals surface area (Å²) in [7, 11) is 0. The Morgan fingerprint density at radius 1 is 1.28 bits per heavy atom. The van der Waals surface area contributed by atoms with E-state index in [1.54, 1.807) is 36.4 Å². The number of carbonyl (C=O) groups excluding carboxylic acids is 2. The van der Waals surface area contributed by atoms with Crippen molar-refractivity contribution in [2.24, 2.45) is 0 Å². The van der Waals surface area contributed by atoms with Gasteiger partial charge in [0.05, 0.1) is 5.56 Å². The molecule has 0 N–H and O–H groups in total. The van der Waals surface area contributed by atoms with E-state index in [0.717, 1.165) is 5.76 Å². The summed E-state index contributed by atoms with van der Waals surface area (Å²) in [5, 5.41) is 0. The second-order valence-electron chi connectivity index (χ2n) is 5.31. The largest absolute Gasteiger partial charge is 0.482 e. The zero-order chi connectivity index (χ0) is 17.8. The van der Waals surface area contributed by atoms with E-state index in [4.69, 9.17) is 18.6 Å². The third-order valence-electron chi connectivity index (χ3n) is 3.39. The van der Waals surface area contributed by atoms with Crippen LogP contribution in [0.25, 0.3) is 6.08 Å². The summed E-state index contributed by atoms with van der Waals surface area (Å²) in [5.74, 6) is 1.48. The second kappa shape index (κ2) is 7.09. The van der Waals surface area contributed by atoms with Gasteiger partial charge in [-0.3, -0.25) is 4.79 Å². The van der Waals surface area contributed by atoms with Gasteiger partial charge in [-0.1, -0.05) is 12.7 Å². The highest BCUT2D eigenvalue weighted by atomic mass is 16.6. The third-order valence-corrected chi connectivity index (χ3v) is 3.39. The number of Topliss-reactive ketones (excluding diaryl/α,β-unsaturated/α-hetero) is 1. The van der Waals surface area contributed by atoms with Gasteiger partial charge in [-0.05, 0) is 31.2 Å². The van der Waals surface area contributed by atoms with Crippen molar-refractivity contribution in [2.45, 2.75) is 6.92 Å². The Bertz CT molecular complexity index is 859. The third kappa shape index (κ3) is 3.80. The lowest BCUT2D eigenvalue weighted by Crippen LogP contribution is -2.14. The van der Waals surface area contributed by atoms with Crippen LogP contribution in [0.1, 0.15) is 21.9 Å². The van der Waals surface area contributed by atoms with E-state index in [9.17, 15) is 9.59 Å². The van der Waals surface area contributed by atoms with Crippen molar-refractivity contribution in [3.05, 3.63) is 65.8 Å². The van der Waals surface area contributed by atoms with Crippen molar-refractivity contribution in [3.63, 3.8) is 0 Å². The monoisotopic (exact) mass is 340 g/mol. The van der Waals surface area contributed by atoms with Gasteiger partial charge >= 0.3 is 5.97 Å². The number of benzene rings is 1. The molecule has 25 heavy (non-hydrogen) atoms. The van der Waals surface area contributed by atoms with Crippen LogP contribution in [0.5, 0.6) is 11.5 Å². The van der Waals surface area contributed by atoms with E-state index in [1.807, 2.05) is 6.92 Å². The first-order valence-corrected chi connectivity index (χ1v) is 7.61. The summed E-state index contributed by atoms with van der Waals surface area (Å²) in [4.78, 5) is 23.8. The molecule has 1 aromatic heterocycles. The number of hydrogen-bond acceptors (Lipinski definition) is 6. The van der Waals surface area contributed by atoms with Crippen LogP contribution < -0.4 is 9.47 Å². The van der Waals surface area contributed by atoms with Crippen LogP contribution in [-0.4, -0.2) is 25.0 Å². The van der Waals surface area contributed by atoms with Gasteiger partial charge in [0.15, 0.2) is 12.4 Å². The van der Waals surface area contributed by atoms with E-state index in [-0.39, 0.29) is 24.8 Å². The molecule has 0 amide bonds. The maximum atomic E-state index is 12.3. The molecule has 0 saturated heterocycles. The molecule has 2 aromatic rings. The van der Waals surface area contributed by atoms with E-state index < -0.39 is 5.97 Å². The topological polar surface area (TPSA) is 75.0 Å². The first-order chi connectivity index (χ1) is 12.1. The molecule has 0 aliphatic carbocycles. The Balaban J connectivity index is 1.70. The Morgan fingerprint density at radius 3 is 2.84 bits per heavy atom. The number of rotatable bonds is 6. The van der Waals surface area contributed by atoms with Gasteiger partial charge in [-0.2, -0.15) is 0 Å². The average molecular weight is 340 g/mol. The SMILES string of the molecule is C=CCOC(=O)COc1ccc2c(c1)O/C(=C\c1ccc(C)o1)C2=O. The summed E-state index contributed by atoms with van der Waals surface area (Å²) >= 11 is 0. The highest BCUT2D eigenvalue weighted by molar-refractivity contribution is 6.14. The molecule has 0 unspecified atom stereocenters. The fraction of sp³-hybridized carbons (Fsp3) is 0.158. The molecule has 6 heteroatoms. The van der Waals surface area contributed by atoms with Gasteiger partial charge in [0.1, 0.15) is 29.6 Å². The fourth-order valence-corrected chi connectivity index (χ4v) is 2.25. The lowest BCUT2D eigenvalue weighted by molar-refractivity contribution is -0.144. The molecule has 0 saturated carbocycles. The van der Waals surface area contributed by atoms with Crippen LogP contribution in [0.3, 0.4) is 0 Å². The molecular weight excluding hydrogens is 324 g/mol. The van der Waals surface area contributed by atoms with Crippen molar-refractivity contribution in [1.29, 1.82) is 0 Å². The number of aryl methyl sites for hydroxylation is 1. The normalized spacial score (nSPS) is 14.1. The quantitative estimate of drug-likeness (QED) is 0.456. The summed E-state index contributed by atoms with van der Waals surface area (Å²) in [6.07, 6.45) is 3.02. The summed E-state index contributed by atoms with van der Waals surface area (Å²) < 4.78 is 21.2. The Labute approximate surface area is 144 Å². The van der Waals surface area contributed by atoms with E-state index in [2.05, 4.69) is 6.58 Å². The molecule has 0 fully saturated rings. The number of ether oxygens (including phenoxy) is 3. The molecule has 3 rings (SSSR count). The predicted octanol–water partition coefficient (Wildman–Crippen LogP) is 3.31. The van der Waals surface area contributed by atoms with Crippen LogP contribution in [-0.2, 0) is 9.53 Å². The zero-order valence-electron chi connectivity index (χ0n) is 13.6. The molecule has 1 aliphatic heterocycles. The minimum absolute atomic E-state index is 0.129. The van der Waals surface area contributed by atoms with Gasteiger partial charge in [0, 0.05) is 12.1 Å². The van der Waals surface area contributed by atoms with Crippen molar-refractivity contribution in [3.8, 4) is 11.5 Å². The molecule has 0 bridgehead atoms. The minimum Gasteiger partial charge on any atom is -0.482 e. The number of esters is 1. The molecular formula is C19H16O6. The van der Waals surface area contributed by atoms with Crippen molar-refractivity contribution >= 4 is 17.8 Å². The first-order valence-electron chi connectivity index (χ1n) is 7.61. The van der Waals surface area contributed by atoms with Gasteiger partial charge in [0.2, 0.25) is 5.78 Å². The summed E-state index contributed by atoms with van der Waals surface area (Å²) in [6, 6.07) is 8.31. The van der Waals surface area contributed by atoms with Gasteiger partial charge in [0.25, 0.3) is 0 Å². The molecule has 0 radical (unpaired) electrons. The second-order valence-corrected chi connectivity index (χ2v) is 5.31. The van der Waals surface area contributed by atoms with Gasteiger partial charge < -0.3 is 18.6 Å². The Kier molecular flexibility index (Phi) is 4.70.